The topological polar surface area (TPSA) is 58.6 Å². The number of rotatable bonds is 5. The minimum atomic E-state index is -0.520. The van der Waals surface area contributed by atoms with Crippen molar-refractivity contribution >= 4 is 5.97 Å². The molecule has 0 aromatic heterocycles. The number of nitrogens with one attached hydrogen (secondary N) is 1. The molecule has 0 atom stereocenters. The lowest BCUT2D eigenvalue weighted by molar-refractivity contribution is -0.154. The van der Waals surface area contributed by atoms with Crippen molar-refractivity contribution in [1.82, 2.24) is 5.32 Å². The van der Waals surface area contributed by atoms with E-state index in [1.54, 1.807) is 0 Å². The number of ether oxygens (including phenoxy) is 1. The predicted molar refractivity (Wildman–Crippen MR) is 62.1 cm³/mol. The van der Waals surface area contributed by atoms with Crippen LogP contribution in [0.1, 0.15) is 46.5 Å². The van der Waals surface area contributed by atoms with Gasteiger partial charge in [0.15, 0.2) is 0 Å². The summed E-state index contributed by atoms with van der Waals surface area (Å²) >= 11 is 0. The summed E-state index contributed by atoms with van der Waals surface area (Å²) in [6.45, 7) is 6.72. The number of hydrogen-bond donors (Lipinski definition) is 2. The molecule has 1 saturated carbocycles. The van der Waals surface area contributed by atoms with Gasteiger partial charge in [-0.15, -0.1) is 0 Å². The lowest BCUT2D eigenvalue weighted by Gasteiger charge is -2.36. The van der Waals surface area contributed by atoms with Crippen molar-refractivity contribution in [3.63, 3.8) is 0 Å². The molecule has 0 aromatic rings. The number of hydrogen-bond acceptors (Lipinski definition) is 4. The highest BCUT2D eigenvalue weighted by Gasteiger charge is 2.33. The van der Waals surface area contributed by atoms with Crippen molar-refractivity contribution in [2.75, 3.05) is 13.1 Å². The second-order valence-electron chi connectivity index (χ2n) is 5.59. The van der Waals surface area contributed by atoms with Crippen LogP contribution in [0.3, 0.4) is 0 Å². The molecule has 94 valence electrons. The van der Waals surface area contributed by atoms with E-state index in [1.165, 1.54) is 0 Å². The molecule has 0 unspecified atom stereocenters. The zero-order valence-corrected chi connectivity index (χ0v) is 10.5. The first-order valence-corrected chi connectivity index (χ1v) is 5.96. The molecular weight excluding hydrogens is 206 g/mol. The summed E-state index contributed by atoms with van der Waals surface area (Å²) in [6, 6.07) is 0. The Bertz CT molecular complexity index is 241. The molecule has 2 N–H and O–H groups in total. The number of esters is 1. The molecule has 0 spiro atoms. The van der Waals surface area contributed by atoms with Gasteiger partial charge in [0.05, 0.1) is 12.0 Å². The van der Waals surface area contributed by atoms with Crippen LogP contribution in [0.2, 0.25) is 0 Å². The maximum absolute atomic E-state index is 11.3. The zero-order valence-electron chi connectivity index (χ0n) is 10.5. The van der Waals surface area contributed by atoms with E-state index in [2.05, 4.69) is 5.32 Å². The maximum atomic E-state index is 11.3. The number of carbonyl (C=O) groups excluding carboxylic acids is 1. The molecule has 0 aliphatic heterocycles. The van der Waals surface area contributed by atoms with Gasteiger partial charge in [-0.05, 0) is 40.0 Å². The third-order valence-corrected chi connectivity index (χ3v) is 2.66. The Morgan fingerprint density at radius 2 is 2.06 bits per heavy atom. The van der Waals surface area contributed by atoms with Gasteiger partial charge in [-0.1, -0.05) is 0 Å². The van der Waals surface area contributed by atoms with Gasteiger partial charge in [-0.25, -0.2) is 0 Å². The quantitative estimate of drug-likeness (QED) is 0.550. The van der Waals surface area contributed by atoms with Crippen LogP contribution in [0.5, 0.6) is 0 Å². The van der Waals surface area contributed by atoms with Crippen LogP contribution in [-0.4, -0.2) is 35.4 Å². The van der Waals surface area contributed by atoms with E-state index in [-0.39, 0.29) is 5.97 Å². The summed E-state index contributed by atoms with van der Waals surface area (Å²) < 4.78 is 5.17. The Labute approximate surface area is 97.4 Å². The monoisotopic (exact) mass is 229 g/mol. The SMILES string of the molecule is CC(C)(C)OC(=O)CCNCC1(O)CCC1. The fraction of sp³-hybridized carbons (Fsp3) is 0.917. The molecule has 0 amide bonds. The van der Waals surface area contributed by atoms with E-state index in [9.17, 15) is 9.90 Å². The molecule has 16 heavy (non-hydrogen) atoms. The van der Waals surface area contributed by atoms with Crippen LogP contribution < -0.4 is 5.32 Å². The molecule has 0 saturated heterocycles. The highest BCUT2D eigenvalue weighted by molar-refractivity contribution is 5.70. The van der Waals surface area contributed by atoms with Gasteiger partial charge in [0, 0.05) is 13.1 Å². The van der Waals surface area contributed by atoms with E-state index in [0.29, 0.717) is 19.5 Å². The normalized spacial score (nSPS) is 19.0. The Morgan fingerprint density at radius 1 is 1.44 bits per heavy atom. The van der Waals surface area contributed by atoms with Crippen LogP contribution in [-0.2, 0) is 9.53 Å². The molecule has 0 aromatic carbocycles. The van der Waals surface area contributed by atoms with Crippen molar-refractivity contribution in [2.24, 2.45) is 0 Å². The lowest BCUT2D eigenvalue weighted by Crippen LogP contribution is -2.46. The average Bonchev–Trinajstić information content (AvgIpc) is 2.06. The summed E-state index contributed by atoms with van der Waals surface area (Å²) in [5, 5.41) is 12.9. The fourth-order valence-corrected chi connectivity index (χ4v) is 1.67. The van der Waals surface area contributed by atoms with Gasteiger partial charge in [-0.2, -0.15) is 0 Å². The van der Waals surface area contributed by atoms with Crippen LogP contribution in [0, 0.1) is 0 Å². The van der Waals surface area contributed by atoms with Gasteiger partial charge in [0.2, 0.25) is 0 Å². The molecular formula is C12H23NO3. The lowest BCUT2D eigenvalue weighted by atomic mass is 9.80. The first kappa shape index (κ1) is 13.5. The van der Waals surface area contributed by atoms with Gasteiger partial charge in [0.1, 0.15) is 5.60 Å². The smallest absolute Gasteiger partial charge is 0.307 e. The molecule has 0 bridgehead atoms. The predicted octanol–water partition coefficient (Wildman–Crippen LogP) is 1.22. The molecule has 0 radical (unpaired) electrons. The molecule has 4 heteroatoms. The fourth-order valence-electron chi connectivity index (χ4n) is 1.67. The summed E-state index contributed by atoms with van der Waals surface area (Å²) in [5.74, 6) is -0.194. The van der Waals surface area contributed by atoms with Gasteiger partial charge in [-0.3, -0.25) is 4.79 Å². The van der Waals surface area contributed by atoms with Crippen molar-refractivity contribution < 1.29 is 14.6 Å². The highest BCUT2D eigenvalue weighted by Crippen LogP contribution is 2.30. The van der Waals surface area contributed by atoms with Gasteiger partial charge >= 0.3 is 5.97 Å². The van der Waals surface area contributed by atoms with Crippen molar-refractivity contribution in [1.29, 1.82) is 0 Å². The van der Waals surface area contributed by atoms with E-state index in [1.807, 2.05) is 20.8 Å². The second-order valence-corrected chi connectivity index (χ2v) is 5.59. The van der Waals surface area contributed by atoms with E-state index in [0.717, 1.165) is 19.3 Å². The average molecular weight is 229 g/mol. The summed E-state index contributed by atoms with van der Waals surface area (Å²) in [5.41, 5.74) is -0.933. The Hall–Kier alpha value is -0.610. The number of carbonyl (C=O) groups is 1. The molecule has 1 rings (SSSR count). The van der Waals surface area contributed by atoms with Gasteiger partial charge in [0.25, 0.3) is 0 Å². The number of aliphatic hydroxyl groups is 1. The maximum Gasteiger partial charge on any atom is 0.307 e. The van der Waals surface area contributed by atoms with Crippen LogP contribution >= 0.6 is 0 Å². The first-order valence-electron chi connectivity index (χ1n) is 5.96. The molecule has 1 fully saturated rings. The Morgan fingerprint density at radius 3 is 2.50 bits per heavy atom. The summed E-state index contributed by atoms with van der Waals surface area (Å²) in [4.78, 5) is 11.3. The van der Waals surface area contributed by atoms with Crippen molar-refractivity contribution in [2.45, 2.75) is 57.7 Å². The van der Waals surface area contributed by atoms with Crippen molar-refractivity contribution in [3.05, 3.63) is 0 Å². The molecule has 4 nitrogen and oxygen atoms in total. The summed E-state index contributed by atoms with van der Waals surface area (Å²) in [6.07, 6.45) is 3.19. The van der Waals surface area contributed by atoms with Crippen LogP contribution in [0.15, 0.2) is 0 Å². The minimum absolute atomic E-state index is 0.194. The summed E-state index contributed by atoms with van der Waals surface area (Å²) in [7, 11) is 0. The van der Waals surface area contributed by atoms with Crippen LogP contribution in [0.4, 0.5) is 0 Å². The third-order valence-electron chi connectivity index (χ3n) is 2.66. The zero-order chi connectivity index (χ0) is 12.2. The van der Waals surface area contributed by atoms with E-state index in [4.69, 9.17) is 4.74 Å². The van der Waals surface area contributed by atoms with E-state index >= 15 is 0 Å². The Balaban J connectivity index is 2.04. The molecule has 0 heterocycles. The van der Waals surface area contributed by atoms with Gasteiger partial charge < -0.3 is 15.2 Å². The first-order chi connectivity index (χ1) is 7.31. The standard InChI is InChI=1S/C12H23NO3/c1-11(2,3)16-10(14)5-8-13-9-12(15)6-4-7-12/h13,15H,4-9H2,1-3H3. The largest absolute Gasteiger partial charge is 0.460 e. The second kappa shape index (κ2) is 5.15. The van der Waals surface area contributed by atoms with Crippen LogP contribution in [0.25, 0.3) is 0 Å². The Kier molecular flexibility index (Phi) is 4.33. The highest BCUT2D eigenvalue weighted by atomic mass is 16.6. The molecule has 1 aliphatic carbocycles. The third kappa shape index (κ3) is 4.94. The van der Waals surface area contributed by atoms with Crippen molar-refractivity contribution in [3.8, 4) is 0 Å². The minimum Gasteiger partial charge on any atom is -0.460 e. The molecule has 1 aliphatic rings. The van der Waals surface area contributed by atoms with E-state index < -0.39 is 11.2 Å².